The van der Waals surface area contributed by atoms with Crippen molar-refractivity contribution in [1.29, 1.82) is 0 Å². The minimum atomic E-state index is -1.59. The summed E-state index contributed by atoms with van der Waals surface area (Å²) in [5.74, 6) is 0.620. The summed E-state index contributed by atoms with van der Waals surface area (Å²) in [5.41, 5.74) is 6.31. The number of fused-ring (bicyclic) bond motifs is 1. The molecule has 41 heavy (non-hydrogen) atoms. The Kier molecular flexibility index (Phi) is 14.4. The molecule has 228 valence electrons. The third-order valence-electron chi connectivity index (χ3n) is 8.35. The molecule has 2 rings (SSSR count). The highest BCUT2D eigenvalue weighted by atomic mass is 31.2. The van der Waals surface area contributed by atoms with Crippen molar-refractivity contribution in [3.63, 3.8) is 0 Å². The van der Waals surface area contributed by atoms with Gasteiger partial charge in [0.1, 0.15) is 30.8 Å². The van der Waals surface area contributed by atoms with E-state index < -0.39 is 21.0 Å². The van der Waals surface area contributed by atoms with E-state index in [1.54, 1.807) is 13.3 Å². The molecule has 1 aliphatic heterocycles. The Labute approximate surface area is 251 Å². The molecule has 0 aromatic rings. The van der Waals surface area contributed by atoms with Gasteiger partial charge in [-0.05, 0) is 110 Å². The van der Waals surface area contributed by atoms with Crippen molar-refractivity contribution in [1.82, 2.24) is 0 Å². The zero-order valence-electron chi connectivity index (χ0n) is 27.0. The second-order valence-corrected chi connectivity index (χ2v) is 16.5. The number of carbonyl (C=O) groups excluding carboxylic acids is 1. The van der Waals surface area contributed by atoms with Crippen molar-refractivity contribution in [3.8, 4) is 0 Å². The molecule has 0 aromatic carbocycles. The Morgan fingerprint density at radius 3 is 2.20 bits per heavy atom. The molecule has 0 saturated carbocycles. The molecule has 7 heteroatoms. The summed E-state index contributed by atoms with van der Waals surface area (Å²) >= 11 is 0. The number of rotatable bonds is 15. The quantitative estimate of drug-likeness (QED) is 0.106. The number of allylic oxidation sites excluding steroid dienone is 7. The summed E-state index contributed by atoms with van der Waals surface area (Å²) < 4.78 is 36.3. The lowest BCUT2D eigenvalue weighted by Gasteiger charge is -2.41. The van der Waals surface area contributed by atoms with Gasteiger partial charge in [0, 0.05) is 5.92 Å². The van der Waals surface area contributed by atoms with E-state index >= 15 is 0 Å². The van der Waals surface area contributed by atoms with Crippen LogP contribution in [-0.4, -0.2) is 36.4 Å². The number of hydrogen-bond donors (Lipinski definition) is 0. The Bertz CT molecular complexity index is 1110. The first-order chi connectivity index (χ1) is 19.2. The predicted molar refractivity (Wildman–Crippen MR) is 173 cm³/mol. The van der Waals surface area contributed by atoms with Crippen LogP contribution in [0, 0.1) is 5.92 Å². The maximum absolute atomic E-state index is 12.7. The average Bonchev–Trinajstić information content (AvgIpc) is 2.85. The van der Waals surface area contributed by atoms with E-state index in [0.29, 0.717) is 6.42 Å². The lowest BCUT2D eigenvalue weighted by atomic mass is 9.80. The highest BCUT2D eigenvalue weighted by molar-refractivity contribution is 7.63. The normalized spacial score (nSPS) is 24.6. The third kappa shape index (κ3) is 11.8. The van der Waals surface area contributed by atoms with E-state index in [2.05, 4.69) is 65.8 Å². The summed E-state index contributed by atoms with van der Waals surface area (Å²) in [6, 6.07) is 0. The second kappa shape index (κ2) is 16.7. The van der Waals surface area contributed by atoms with Crippen molar-refractivity contribution in [2.75, 3.05) is 13.3 Å². The Balaban J connectivity index is 1.88. The molecule has 1 fully saturated rings. The van der Waals surface area contributed by atoms with Crippen LogP contribution in [0.4, 0.5) is 0 Å². The smallest absolute Gasteiger partial charge is 0.389 e. The van der Waals surface area contributed by atoms with E-state index in [1.807, 2.05) is 6.92 Å². The summed E-state index contributed by atoms with van der Waals surface area (Å²) in [7, 11) is -3.19. The molecule has 1 heterocycles. The maximum Gasteiger partial charge on any atom is 0.389 e. The predicted octanol–water partition coefficient (Wildman–Crippen LogP) is 10.5. The van der Waals surface area contributed by atoms with Crippen LogP contribution in [0.3, 0.4) is 0 Å². The van der Waals surface area contributed by atoms with Gasteiger partial charge in [-0.15, -0.1) is 0 Å². The first-order valence-corrected chi connectivity index (χ1v) is 18.8. The van der Waals surface area contributed by atoms with Crippen LogP contribution in [0.25, 0.3) is 0 Å². The topological polar surface area (TPSA) is 69.7 Å². The van der Waals surface area contributed by atoms with Crippen LogP contribution in [0.5, 0.6) is 0 Å². The van der Waals surface area contributed by atoms with Crippen molar-refractivity contribution >= 4 is 21.6 Å². The molecule has 0 bridgehead atoms. The molecular formula is C34H54O5P2+2. The Morgan fingerprint density at radius 2 is 1.61 bits per heavy atom. The summed E-state index contributed by atoms with van der Waals surface area (Å²) in [6.07, 6.45) is 17.6. The number of hydrogen-bond acceptors (Lipinski definition) is 5. The van der Waals surface area contributed by atoms with Gasteiger partial charge in [0.05, 0.1) is 12.8 Å². The van der Waals surface area contributed by atoms with E-state index in [9.17, 15) is 13.9 Å². The minimum Gasteiger partial charge on any atom is -0.488 e. The minimum absolute atomic E-state index is 0.00197. The maximum atomic E-state index is 12.7. The monoisotopic (exact) mass is 604 g/mol. The van der Waals surface area contributed by atoms with Crippen molar-refractivity contribution in [2.24, 2.45) is 5.92 Å². The Morgan fingerprint density at radius 1 is 1.02 bits per heavy atom. The molecule has 2 aliphatic rings. The lowest BCUT2D eigenvalue weighted by molar-refractivity contribution is -0.149. The average molecular weight is 605 g/mol. The van der Waals surface area contributed by atoms with Gasteiger partial charge >= 0.3 is 27.0 Å². The molecule has 0 spiro atoms. The highest BCUT2D eigenvalue weighted by Crippen LogP contribution is 2.45. The Hall–Kier alpha value is -1.83. The van der Waals surface area contributed by atoms with Crippen LogP contribution < -0.4 is 0 Å². The molecule has 5 nitrogen and oxygen atoms in total. The third-order valence-corrected chi connectivity index (χ3v) is 12.5. The van der Waals surface area contributed by atoms with E-state index in [0.717, 1.165) is 68.3 Å². The number of carbonyl (C=O) groups is 1. The molecule has 0 amide bonds. The number of esters is 1. The summed E-state index contributed by atoms with van der Waals surface area (Å²) in [6.45, 7) is 18.2. The first kappa shape index (κ1) is 35.4. The van der Waals surface area contributed by atoms with Crippen LogP contribution in [-0.2, 0) is 23.4 Å². The van der Waals surface area contributed by atoms with Gasteiger partial charge in [-0.25, -0.2) is 0 Å². The molecule has 1 saturated heterocycles. The van der Waals surface area contributed by atoms with Gasteiger partial charge in [0.15, 0.2) is 0 Å². The van der Waals surface area contributed by atoms with Gasteiger partial charge < -0.3 is 9.47 Å². The van der Waals surface area contributed by atoms with Gasteiger partial charge in [-0.3, -0.25) is 4.79 Å². The van der Waals surface area contributed by atoms with Gasteiger partial charge in [-0.1, -0.05) is 51.0 Å². The SMILES string of the molecule is CC(C)=CCC/C(C)=C/CC/C(C)=C/CCC1(C)CCC2=C(C)C(OC(=O)CCC([P+](C)=O)[P+](C)=O)C(C)C=C2O1. The molecule has 0 aromatic heterocycles. The fourth-order valence-corrected chi connectivity index (χ4v) is 8.50. The lowest BCUT2D eigenvalue weighted by Crippen LogP contribution is -2.37. The van der Waals surface area contributed by atoms with Crippen molar-refractivity contribution in [3.05, 3.63) is 57.9 Å². The molecule has 0 N–H and O–H groups in total. The molecule has 0 radical (unpaired) electrons. The largest absolute Gasteiger partial charge is 0.488 e. The van der Waals surface area contributed by atoms with Crippen LogP contribution in [0.1, 0.15) is 113 Å². The molecular weight excluding hydrogens is 550 g/mol. The molecule has 5 atom stereocenters. The van der Waals surface area contributed by atoms with E-state index in [4.69, 9.17) is 9.47 Å². The fraction of sp³-hybridized carbons (Fsp3) is 0.676. The summed E-state index contributed by atoms with van der Waals surface area (Å²) in [5, 5.41) is -0.436. The van der Waals surface area contributed by atoms with Gasteiger partial charge in [0.2, 0.25) is 0 Å². The van der Waals surface area contributed by atoms with E-state index in [-0.39, 0.29) is 30.0 Å². The van der Waals surface area contributed by atoms with Gasteiger partial charge in [0.25, 0.3) is 0 Å². The van der Waals surface area contributed by atoms with Crippen LogP contribution in [0.15, 0.2) is 57.9 Å². The second-order valence-electron chi connectivity index (χ2n) is 12.6. The summed E-state index contributed by atoms with van der Waals surface area (Å²) in [4.78, 5) is 12.7. The standard InChI is InChI=1S/C34H54O5P2/c1-24(2)13-10-14-25(3)15-11-16-26(4)17-12-21-34(7)22-20-29-28(6)33(27(5)23-30(29)39-34)38-31(35)18-19-32(40(8)36)41(9)37/h13,15,17,23,27,32-33H,10-12,14,16,18-22H2,1-9H3/q+2/b25-15+,26-17+. The fourth-order valence-electron chi connectivity index (χ4n) is 5.68. The highest BCUT2D eigenvalue weighted by Gasteiger charge is 2.41. The van der Waals surface area contributed by atoms with Crippen molar-refractivity contribution < 1.29 is 23.4 Å². The van der Waals surface area contributed by atoms with E-state index in [1.165, 1.54) is 16.7 Å². The zero-order valence-corrected chi connectivity index (χ0v) is 28.8. The van der Waals surface area contributed by atoms with Crippen LogP contribution >= 0.6 is 15.6 Å². The van der Waals surface area contributed by atoms with Gasteiger partial charge in [-0.2, -0.15) is 0 Å². The van der Waals surface area contributed by atoms with Crippen molar-refractivity contribution in [2.45, 2.75) is 130 Å². The molecule has 5 unspecified atom stereocenters. The number of ether oxygens (including phenoxy) is 2. The molecule has 1 aliphatic carbocycles. The van der Waals surface area contributed by atoms with Crippen LogP contribution in [0.2, 0.25) is 0 Å². The zero-order chi connectivity index (χ0) is 30.7. The first-order valence-electron chi connectivity index (χ1n) is 15.3.